The van der Waals surface area contributed by atoms with Crippen LogP contribution in [0.5, 0.6) is 0 Å². The number of fused-ring (bicyclic) bond motifs is 1. The van der Waals surface area contributed by atoms with Crippen LogP contribution < -0.4 is 16.1 Å². The number of aromatic nitrogens is 6. The second-order valence-corrected chi connectivity index (χ2v) is 7.58. The van der Waals surface area contributed by atoms with Crippen molar-refractivity contribution in [3.05, 3.63) is 73.8 Å². The number of aromatic amines is 1. The van der Waals surface area contributed by atoms with E-state index in [4.69, 9.17) is 0 Å². The molecule has 4 aromatic rings. The van der Waals surface area contributed by atoms with E-state index in [1.807, 2.05) is 6.92 Å². The first-order chi connectivity index (χ1) is 15.6. The van der Waals surface area contributed by atoms with Gasteiger partial charge >= 0.3 is 11.9 Å². The lowest BCUT2D eigenvalue weighted by molar-refractivity contribution is -0.693. The summed E-state index contributed by atoms with van der Waals surface area (Å²) in [6.07, 6.45) is -1.27. The fraction of sp³-hybridized carbons (Fsp3) is 0.333. The topological polar surface area (TPSA) is 105 Å². The van der Waals surface area contributed by atoms with Crippen molar-refractivity contribution in [3.63, 3.8) is 0 Å². The maximum Gasteiger partial charge on any atom is 0.416 e. The highest BCUT2D eigenvalue weighted by Gasteiger charge is 2.30. The van der Waals surface area contributed by atoms with Crippen molar-refractivity contribution in [1.82, 2.24) is 23.8 Å². The lowest BCUT2D eigenvalue weighted by atomic mass is 10.1. The fourth-order valence-corrected chi connectivity index (χ4v) is 3.72. The molecule has 9 nitrogen and oxygen atoms in total. The van der Waals surface area contributed by atoms with Gasteiger partial charge in [0, 0.05) is 13.1 Å². The number of aryl methyl sites for hydroxylation is 1. The average molecular weight is 462 g/mol. The van der Waals surface area contributed by atoms with Gasteiger partial charge in [0.25, 0.3) is 5.56 Å². The predicted octanol–water partition coefficient (Wildman–Crippen LogP) is 2.49. The maximum absolute atomic E-state index is 13.0. The van der Waals surface area contributed by atoms with Gasteiger partial charge in [-0.15, -0.1) is 4.68 Å². The van der Waals surface area contributed by atoms with Gasteiger partial charge in [-0.05, 0) is 31.0 Å². The summed E-state index contributed by atoms with van der Waals surface area (Å²) < 4.78 is 42.6. The third-order valence-electron chi connectivity index (χ3n) is 5.29. The highest BCUT2D eigenvalue weighted by atomic mass is 19.4. The van der Waals surface area contributed by atoms with Crippen molar-refractivity contribution in [3.8, 4) is 11.4 Å². The molecule has 0 aliphatic carbocycles. The molecule has 0 bridgehead atoms. The number of H-pyrrole nitrogens is 1. The molecule has 1 N–H and O–H groups in total. The summed E-state index contributed by atoms with van der Waals surface area (Å²) >= 11 is 0. The standard InChI is InChI=1S/C21H21F3N6O3/c1-3-8-29-19(31)16-18(28(4-2)20(29)32)26-17(25-16)14-11-27(30(33)12-14)10-13-6-5-7-15(9-13)21(22,23)24/h5-7,9,11-12H,3-4,8,10H2,1-2H3,(H,25,26). The molecule has 174 valence electrons. The summed E-state index contributed by atoms with van der Waals surface area (Å²) in [5.41, 5.74) is -0.827. The molecule has 3 heterocycles. The van der Waals surface area contributed by atoms with Crippen LogP contribution in [0.25, 0.3) is 22.6 Å². The van der Waals surface area contributed by atoms with Crippen molar-refractivity contribution >= 4 is 11.2 Å². The Morgan fingerprint density at radius 2 is 1.94 bits per heavy atom. The van der Waals surface area contributed by atoms with Crippen LogP contribution in [-0.4, -0.2) is 23.8 Å². The number of hydrogen-bond acceptors (Lipinski definition) is 4. The molecular formula is C21H21F3N6O3. The summed E-state index contributed by atoms with van der Waals surface area (Å²) in [7, 11) is 0. The van der Waals surface area contributed by atoms with E-state index in [2.05, 4.69) is 9.97 Å². The molecule has 0 saturated carbocycles. The second kappa shape index (κ2) is 8.26. The van der Waals surface area contributed by atoms with E-state index in [-0.39, 0.29) is 30.1 Å². The molecular weight excluding hydrogens is 441 g/mol. The van der Waals surface area contributed by atoms with Gasteiger partial charge in [-0.3, -0.25) is 13.9 Å². The molecule has 0 spiro atoms. The van der Waals surface area contributed by atoms with E-state index in [0.29, 0.717) is 28.9 Å². The molecule has 33 heavy (non-hydrogen) atoms. The summed E-state index contributed by atoms with van der Waals surface area (Å²) in [6.45, 7) is 4.06. The van der Waals surface area contributed by atoms with Gasteiger partial charge in [0.05, 0.1) is 11.8 Å². The number of benzene rings is 1. The first-order valence-corrected chi connectivity index (χ1v) is 10.3. The summed E-state index contributed by atoms with van der Waals surface area (Å²) in [6, 6.07) is 4.72. The summed E-state index contributed by atoms with van der Waals surface area (Å²) in [5.74, 6) is 0.199. The minimum atomic E-state index is -4.49. The molecule has 0 fully saturated rings. The van der Waals surface area contributed by atoms with Gasteiger partial charge < -0.3 is 10.2 Å². The first kappa shape index (κ1) is 22.4. The van der Waals surface area contributed by atoms with Gasteiger partial charge in [-0.1, -0.05) is 23.9 Å². The van der Waals surface area contributed by atoms with Crippen LogP contribution >= 0.6 is 0 Å². The van der Waals surface area contributed by atoms with Crippen LogP contribution in [0, 0.1) is 5.21 Å². The monoisotopic (exact) mass is 462 g/mol. The molecule has 0 radical (unpaired) electrons. The molecule has 0 aliphatic rings. The van der Waals surface area contributed by atoms with E-state index in [0.717, 1.165) is 16.7 Å². The highest BCUT2D eigenvalue weighted by molar-refractivity contribution is 5.75. The quantitative estimate of drug-likeness (QED) is 0.351. The Labute approximate surface area is 184 Å². The summed E-state index contributed by atoms with van der Waals surface area (Å²) in [4.78, 5) is 33.2. The van der Waals surface area contributed by atoms with E-state index in [1.165, 1.54) is 33.8 Å². The Bertz CT molecular complexity index is 1440. The van der Waals surface area contributed by atoms with Crippen molar-refractivity contribution in [2.24, 2.45) is 0 Å². The Morgan fingerprint density at radius 1 is 1.18 bits per heavy atom. The van der Waals surface area contributed by atoms with Gasteiger partial charge in [0.1, 0.15) is 23.4 Å². The molecule has 3 aromatic heterocycles. The largest absolute Gasteiger partial charge is 0.596 e. The number of nitrogens with zero attached hydrogens (tertiary/aromatic N) is 5. The van der Waals surface area contributed by atoms with Crippen LogP contribution in [0.3, 0.4) is 0 Å². The number of nitrogens with one attached hydrogen (secondary N) is 1. The van der Waals surface area contributed by atoms with E-state index >= 15 is 0 Å². The van der Waals surface area contributed by atoms with Crippen LogP contribution in [-0.2, 0) is 25.8 Å². The number of rotatable bonds is 6. The lowest BCUT2D eigenvalue weighted by Crippen LogP contribution is -2.39. The van der Waals surface area contributed by atoms with Crippen molar-refractivity contribution in [2.45, 2.75) is 46.1 Å². The molecule has 0 atom stereocenters. The molecule has 0 aliphatic heterocycles. The third-order valence-corrected chi connectivity index (χ3v) is 5.29. The number of hydrogen-bond donors (Lipinski definition) is 1. The lowest BCUT2D eigenvalue weighted by Gasteiger charge is -2.08. The molecule has 4 rings (SSSR count). The van der Waals surface area contributed by atoms with E-state index in [9.17, 15) is 28.0 Å². The molecule has 0 saturated heterocycles. The molecule has 0 amide bonds. The number of alkyl halides is 3. The van der Waals surface area contributed by atoms with Gasteiger partial charge in [-0.2, -0.15) is 13.2 Å². The normalized spacial score (nSPS) is 12.0. The second-order valence-electron chi connectivity index (χ2n) is 7.58. The minimum Gasteiger partial charge on any atom is -0.596 e. The maximum atomic E-state index is 13.0. The smallest absolute Gasteiger partial charge is 0.416 e. The van der Waals surface area contributed by atoms with Crippen LogP contribution in [0.1, 0.15) is 31.4 Å². The zero-order valence-corrected chi connectivity index (χ0v) is 17.9. The Morgan fingerprint density at radius 3 is 2.61 bits per heavy atom. The van der Waals surface area contributed by atoms with E-state index < -0.39 is 23.0 Å². The van der Waals surface area contributed by atoms with Gasteiger partial charge in [0.2, 0.25) is 6.20 Å². The SMILES string of the molecule is CCCn1c(=O)c2[nH]c(-c3cn(Cc4cccc(C(F)(F)F)c4)[n+]([O-])c3)nc2n(CC)c1=O. The summed E-state index contributed by atoms with van der Waals surface area (Å²) in [5, 5.41) is 12.4. The van der Waals surface area contributed by atoms with Crippen LogP contribution in [0.4, 0.5) is 13.2 Å². The first-order valence-electron chi connectivity index (χ1n) is 10.3. The Balaban J connectivity index is 1.75. The van der Waals surface area contributed by atoms with Gasteiger partial charge in [-0.25, -0.2) is 9.78 Å². The number of imidazole rings is 1. The number of halogens is 3. The van der Waals surface area contributed by atoms with E-state index in [1.54, 1.807) is 6.92 Å². The minimum absolute atomic E-state index is 0.101. The van der Waals surface area contributed by atoms with Crippen LogP contribution in [0.15, 0.2) is 46.2 Å². The highest BCUT2D eigenvalue weighted by Crippen LogP contribution is 2.29. The van der Waals surface area contributed by atoms with Crippen molar-refractivity contribution in [1.29, 1.82) is 0 Å². The molecule has 1 aromatic carbocycles. The third kappa shape index (κ3) is 4.03. The van der Waals surface area contributed by atoms with Crippen molar-refractivity contribution in [2.75, 3.05) is 0 Å². The zero-order valence-electron chi connectivity index (χ0n) is 17.9. The van der Waals surface area contributed by atoms with Gasteiger partial charge in [0.15, 0.2) is 5.65 Å². The molecule has 12 heteroatoms. The Hall–Kier alpha value is -3.83. The fourth-order valence-electron chi connectivity index (χ4n) is 3.72. The van der Waals surface area contributed by atoms with Crippen LogP contribution in [0.2, 0.25) is 0 Å². The molecule has 0 unspecified atom stereocenters. The average Bonchev–Trinajstić information content (AvgIpc) is 3.35. The Kier molecular flexibility index (Phi) is 5.60. The predicted molar refractivity (Wildman–Crippen MR) is 114 cm³/mol. The zero-order chi connectivity index (χ0) is 23.9. The van der Waals surface area contributed by atoms with Crippen molar-refractivity contribution < 1.29 is 18.0 Å².